The largest absolute Gasteiger partial charge is 0.416 e. The molecule has 2 N–H and O–H groups in total. The minimum atomic E-state index is -4.40. The van der Waals surface area contributed by atoms with Gasteiger partial charge in [-0.3, -0.25) is 4.79 Å². The van der Waals surface area contributed by atoms with E-state index >= 15 is 0 Å². The normalized spacial score (nSPS) is 19.7. The summed E-state index contributed by atoms with van der Waals surface area (Å²) in [6.45, 7) is 2.86. The zero-order chi connectivity index (χ0) is 15.6. The van der Waals surface area contributed by atoms with Crippen LogP contribution in [-0.4, -0.2) is 29.9 Å². The molecule has 1 saturated heterocycles. The van der Waals surface area contributed by atoms with E-state index in [1.165, 1.54) is 6.07 Å². The predicted molar refractivity (Wildman–Crippen MR) is 80.9 cm³/mol. The van der Waals surface area contributed by atoms with Crippen LogP contribution >= 0.6 is 12.4 Å². The highest BCUT2D eigenvalue weighted by Gasteiger charge is 2.33. The van der Waals surface area contributed by atoms with Gasteiger partial charge in [-0.15, -0.1) is 12.4 Å². The standard InChI is InChI=1S/C15H19F3N2O.ClH/c1-2-13(14(21)20-7-6-12(19)9-20)10-4-3-5-11(8-10)15(16,17)18;/h3-5,8,12-13H,2,6-7,9,19H2,1H3;1H/t12-,13?;/m1./s1. The van der Waals surface area contributed by atoms with Crippen LogP contribution in [0.4, 0.5) is 13.2 Å². The van der Waals surface area contributed by atoms with Crippen LogP contribution in [0.2, 0.25) is 0 Å². The van der Waals surface area contributed by atoms with E-state index in [-0.39, 0.29) is 24.4 Å². The minimum Gasteiger partial charge on any atom is -0.341 e. The Morgan fingerprint density at radius 3 is 2.64 bits per heavy atom. The molecule has 1 aromatic rings. The van der Waals surface area contributed by atoms with Gasteiger partial charge in [-0.25, -0.2) is 0 Å². The highest BCUT2D eigenvalue weighted by molar-refractivity contribution is 5.85. The molecule has 0 radical (unpaired) electrons. The van der Waals surface area contributed by atoms with Crippen LogP contribution in [0.15, 0.2) is 24.3 Å². The molecule has 22 heavy (non-hydrogen) atoms. The van der Waals surface area contributed by atoms with Gasteiger partial charge in [0, 0.05) is 19.1 Å². The summed E-state index contributed by atoms with van der Waals surface area (Å²) in [5.74, 6) is -0.678. The molecular weight excluding hydrogens is 317 g/mol. The van der Waals surface area contributed by atoms with Gasteiger partial charge in [0.25, 0.3) is 0 Å². The molecule has 3 nitrogen and oxygen atoms in total. The Morgan fingerprint density at radius 2 is 2.14 bits per heavy atom. The lowest BCUT2D eigenvalue weighted by atomic mass is 9.93. The van der Waals surface area contributed by atoms with Crippen LogP contribution in [0.1, 0.15) is 36.8 Å². The molecule has 124 valence electrons. The van der Waals surface area contributed by atoms with Gasteiger partial charge in [-0.2, -0.15) is 13.2 Å². The Kier molecular flexibility index (Phi) is 6.26. The molecular formula is C15H20ClF3N2O. The van der Waals surface area contributed by atoms with Crippen molar-refractivity contribution in [2.75, 3.05) is 13.1 Å². The SMILES string of the molecule is CCC(C(=O)N1CC[C@@H](N)C1)c1cccc(C(F)(F)F)c1.Cl. The third-order valence-corrected chi connectivity index (χ3v) is 3.86. The zero-order valence-electron chi connectivity index (χ0n) is 12.3. The fourth-order valence-corrected chi connectivity index (χ4v) is 2.69. The number of hydrogen-bond donors (Lipinski definition) is 1. The molecule has 0 aromatic heterocycles. The molecule has 1 aliphatic rings. The Hall–Kier alpha value is -1.27. The molecule has 1 heterocycles. The number of rotatable bonds is 3. The van der Waals surface area contributed by atoms with Crippen molar-refractivity contribution in [3.8, 4) is 0 Å². The van der Waals surface area contributed by atoms with E-state index < -0.39 is 17.7 Å². The van der Waals surface area contributed by atoms with Gasteiger partial charge in [-0.1, -0.05) is 25.1 Å². The number of carbonyl (C=O) groups excluding carboxylic acids is 1. The first kappa shape index (κ1) is 18.8. The van der Waals surface area contributed by atoms with Crippen molar-refractivity contribution in [2.45, 2.75) is 37.9 Å². The lowest BCUT2D eigenvalue weighted by Gasteiger charge is -2.23. The van der Waals surface area contributed by atoms with Gasteiger partial charge in [0.1, 0.15) is 0 Å². The summed E-state index contributed by atoms with van der Waals surface area (Å²) in [5, 5.41) is 0. The van der Waals surface area contributed by atoms with Crippen molar-refractivity contribution < 1.29 is 18.0 Å². The van der Waals surface area contributed by atoms with Crippen molar-refractivity contribution in [1.82, 2.24) is 4.90 Å². The second-order valence-corrected chi connectivity index (χ2v) is 5.42. The van der Waals surface area contributed by atoms with Crippen molar-refractivity contribution in [1.29, 1.82) is 0 Å². The molecule has 7 heteroatoms. The van der Waals surface area contributed by atoms with Gasteiger partial charge in [-0.05, 0) is 24.5 Å². The lowest BCUT2D eigenvalue weighted by molar-refractivity contribution is -0.138. The van der Waals surface area contributed by atoms with Gasteiger partial charge in [0.2, 0.25) is 5.91 Å². The van der Waals surface area contributed by atoms with Crippen LogP contribution in [0.5, 0.6) is 0 Å². The van der Waals surface area contributed by atoms with Crippen molar-refractivity contribution >= 4 is 18.3 Å². The van der Waals surface area contributed by atoms with E-state index in [9.17, 15) is 18.0 Å². The number of hydrogen-bond acceptors (Lipinski definition) is 2. The summed E-state index contributed by atoms with van der Waals surface area (Å²) in [7, 11) is 0. The topological polar surface area (TPSA) is 46.3 Å². The van der Waals surface area contributed by atoms with E-state index in [1.54, 1.807) is 17.9 Å². The summed E-state index contributed by atoms with van der Waals surface area (Å²) in [5.41, 5.74) is 5.48. The molecule has 1 amide bonds. The molecule has 0 bridgehead atoms. The van der Waals surface area contributed by atoms with Gasteiger partial charge >= 0.3 is 6.18 Å². The molecule has 0 aliphatic carbocycles. The average molecular weight is 337 g/mol. The van der Waals surface area contributed by atoms with Crippen LogP contribution in [0, 0.1) is 0 Å². The molecule has 1 fully saturated rings. The van der Waals surface area contributed by atoms with Crippen LogP contribution in [0.25, 0.3) is 0 Å². The molecule has 0 saturated carbocycles. The van der Waals surface area contributed by atoms with Gasteiger partial charge in [0.15, 0.2) is 0 Å². The number of likely N-dealkylation sites (tertiary alicyclic amines) is 1. The second-order valence-electron chi connectivity index (χ2n) is 5.42. The summed E-state index contributed by atoms with van der Waals surface area (Å²) in [6.07, 6.45) is -3.19. The molecule has 1 unspecified atom stereocenters. The number of halogens is 4. The van der Waals surface area contributed by atoms with Crippen molar-refractivity contribution in [3.05, 3.63) is 35.4 Å². The summed E-state index contributed by atoms with van der Waals surface area (Å²) < 4.78 is 38.3. The fourth-order valence-electron chi connectivity index (χ4n) is 2.69. The maximum absolute atomic E-state index is 12.8. The average Bonchev–Trinajstić information content (AvgIpc) is 2.85. The third-order valence-electron chi connectivity index (χ3n) is 3.86. The zero-order valence-corrected chi connectivity index (χ0v) is 13.1. The first-order valence-electron chi connectivity index (χ1n) is 7.04. The van der Waals surface area contributed by atoms with Crippen molar-refractivity contribution in [3.63, 3.8) is 0 Å². The number of nitrogens with two attached hydrogens (primary N) is 1. The molecule has 0 spiro atoms. The van der Waals surface area contributed by atoms with Crippen LogP contribution in [0.3, 0.4) is 0 Å². The Bertz CT molecular complexity index is 522. The number of nitrogens with zero attached hydrogens (tertiary/aromatic N) is 1. The third kappa shape index (κ3) is 4.14. The van der Waals surface area contributed by atoms with Crippen LogP contribution < -0.4 is 5.73 Å². The maximum atomic E-state index is 12.8. The lowest BCUT2D eigenvalue weighted by Crippen LogP contribution is -2.35. The van der Waals surface area contributed by atoms with E-state index in [2.05, 4.69) is 0 Å². The minimum absolute atomic E-state index is 0. The van der Waals surface area contributed by atoms with E-state index in [4.69, 9.17) is 5.73 Å². The van der Waals surface area contributed by atoms with Gasteiger partial charge in [0.05, 0.1) is 11.5 Å². The molecule has 1 aliphatic heterocycles. The summed E-state index contributed by atoms with van der Waals surface area (Å²) in [4.78, 5) is 14.1. The molecule has 2 atom stereocenters. The van der Waals surface area contributed by atoms with Gasteiger partial charge < -0.3 is 10.6 Å². The highest BCUT2D eigenvalue weighted by Crippen LogP contribution is 2.32. The monoisotopic (exact) mass is 336 g/mol. The summed E-state index contributed by atoms with van der Waals surface area (Å²) >= 11 is 0. The molecule has 1 aromatic carbocycles. The number of alkyl halides is 3. The summed E-state index contributed by atoms with van der Waals surface area (Å²) in [6, 6.07) is 4.99. The quantitative estimate of drug-likeness (QED) is 0.921. The highest BCUT2D eigenvalue weighted by atomic mass is 35.5. The smallest absolute Gasteiger partial charge is 0.341 e. The Morgan fingerprint density at radius 1 is 1.45 bits per heavy atom. The van der Waals surface area contributed by atoms with E-state index in [0.717, 1.165) is 18.6 Å². The predicted octanol–water partition coefficient (Wildman–Crippen LogP) is 3.18. The van der Waals surface area contributed by atoms with Crippen molar-refractivity contribution in [2.24, 2.45) is 5.73 Å². The first-order valence-corrected chi connectivity index (χ1v) is 7.04. The second kappa shape index (κ2) is 7.33. The first-order chi connectivity index (χ1) is 9.82. The fraction of sp³-hybridized carbons (Fsp3) is 0.533. The Labute approximate surface area is 134 Å². The number of benzene rings is 1. The number of amides is 1. The van der Waals surface area contributed by atoms with Crippen LogP contribution in [-0.2, 0) is 11.0 Å². The number of carbonyl (C=O) groups is 1. The molecule has 2 rings (SSSR count). The maximum Gasteiger partial charge on any atom is 0.416 e. The van der Waals surface area contributed by atoms with E-state index in [1.807, 2.05) is 0 Å². The Balaban J connectivity index is 0.00000242. The van der Waals surface area contributed by atoms with E-state index in [0.29, 0.717) is 25.1 Å².